The van der Waals surface area contributed by atoms with Crippen LogP contribution in [0.1, 0.15) is 40.5 Å². The highest BCUT2D eigenvalue weighted by molar-refractivity contribution is 5.26. The predicted molar refractivity (Wildman–Crippen MR) is 56.6 cm³/mol. The van der Waals surface area contributed by atoms with E-state index in [0.29, 0.717) is 5.92 Å². The van der Waals surface area contributed by atoms with Crippen LogP contribution in [0.2, 0.25) is 0 Å². The molecule has 0 amide bonds. The molecule has 13 heavy (non-hydrogen) atoms. The van der Waals surface area contributed by atoms with E-state index >= 15 is 0 Å². The molecule has 1 rings (SSSR count). The number of allylic oxidation sites excluding steroid dienone is 3. The molecule has 1 atom stereocenters. The van der Waals surface area contributed by atoms with Crippen LogP contribution in [0.25, 0.3) is 0 Å². The van der Waals surface area contributed by atoms with Gasteiger partial charge in [0, 0.05) is 0 Å². The molecule has 0 saturated carbocycles. The maximum atomic E-state index is 9.00. The maximum absolute atomic E-state index is 9.00. The van der Waals surface area contributed by atoms with Gasteiger partial charge < -0.3 is 5.11 Å². The zero-order valence-electron chi connectivity index (χ0n) is 9.09. The van der Waals surface area contributed by atoms with Crippen LogP contribution in [-0.4, -0.2) is 5.11 Å². The number of hydrogen-bond donors (Lipinski definition) is 1. The first kappa shape index (κ1) is 10.4. The second kappa shape index (κ2) is 3.57. The first-order valence-electron chi connectivity index (χ1n) is 5.04. The molecule has 1 aliphatic carbocycles. The smallest absolute Gasteiger partial charge is 0.0784 e. The van der Waals surface area contributed by atoms with Crippen molar-refractivity contribution >= 4 is 0 Å². The summed E-state index contributed by atoms with van der Waals surface area (Å²) in [7, 11) is 0. The predicted octanol–water partition coefficient (Wildman–Crippen LogP) is 3.83. The molecule has 0 fully saturated rings. The SMILES string of the molecule is CCC1=CCC(C(C)=CO)C1(C)C. The van der Waals surface area contributed by atoms with Crippen molar-refractivity contribution in [1.82, 2.24) is 0 Å². The Morgan fingerprint density at radius 1 is 1.69 bits per heavy atom. The molecular formula is C12H20O. The molecular weight excluding hydrogens is 160 g/mol. The number of aliphatic hydroxyl groups excluding tert-OH is 1. The van der Waals surface area contributed by atoms with Gasteiger partial charge in [0.05, 0.1) is 6.26 Å². The van der Waals surface area contributed by atoms with Crippen molar-refractivity contribution in [3.05, 3.63) is 23.5 Å². The Labute approximate surface area is 81.2 Å². The van der Waals surface area contributed by atoms with E-state index in [0.717, 1.165) is 18.4 Å². The lowest BCUT2D eigenvalue weighted by atomic mass is 9.73. The molecule has 1 N–H and O–H groups in total. The monoisotopic (exact) mass is 180 g/mol. The summed E-state index contributed by atoms with van der Waals surface area (Å²) in [6, 6.07) is 0. The van der Waals surface area contributed by atoms with E-state index in [1.807, 2.05) is 6.92 Å². The molecule has 1 unspecified atom stereocenters. The molecule has 1 aliphatic rings. The van der Waals surface area contributed by atoms with Crippen LogP contribution in [0, 0.1) is 11.3 Å². The van der Waals surface area contributed by atoms with Crippen molar-refractivity contribution in [3.63, 3.8) is 0 Å². The Bertz CT molecular complexity index is 246. The van der Waals surface area contributed by atoms with E-state index in [1.165, 1.54) is 11.8 Å². The summed E-state index contributed by atoms with van der Waals surface area (Å²) in [4.78, 5) is 0. The zero-order chi connectivity index (χ0) is 10.1. The summed E-state index contributed by atoms with van der Waals surface area (Å²) in [5, 5.41) is 9.00. The van der Waals surface area contributed by atoms with E-state index in [9.17, 15) is 0 Å². The standard InChI is InChI=1S/C12H20O/c1-5-10-6-7-11(9(2)8-13)12(10,3)4/h6,8,11,13H,5,7H2,1-4H3. The second-order valence-corrected chi connectivity index (χ2v) is 4.47. The van der Waals surface area contributed by atoms with Gasteiger partial charge >= 0.3 is 0 Å². The first-order valence-corrected chi connectivity index (χ1v) is 5.04. The van der Waals surface area contributed by atoms with Crippen LogP contribution in [-0.2, 0) is 0 Å². The average molecular weight is 180 g/mol. The Hall–Kier alpha value is -0.720. The van der Waals surface area contributed by atoms with Crippen molar-refractivity contribution < 1.29 is 5.11 Å². The van der Waals surface area contributed by atoms with E-state index in [4.69, 9.17) is 5.11 Å². The Morgan fingerprint density at radius 3 is 2.69 bits per heavy atom. The fraction of sp³-hybridized carbons (Fsp3) is 0.667. The molecule has 0 spiro atoms. The molecule has 0 aliphatic heterocycles. The molecule has 0 heterocycles. The van der Waals surface area contributed by atoms with Crippen molar-refractivity contribution in [1.29, 1.82) is 0 Å². The largest absolute Gasteiger partial charge is 0.516 e. The highest BCUT2D eigenvalue weighted by Crippen LogP contribution is 2.47. The van der Waals surface area contributed by atoms with E-state index in [1.54, 1.807) is 0 Å². The van der Waals surface area contributed by atoms with Gasteiger partial charge in [-0.15, -0.1) is 0 Å². The number of hydrogen-bond acceptors (Lipinski definition) is 1. The molecule has 0 radical (unpaired) electrons. The topological polar surface area (TPSA) is 20.2 Å². The van der Waals surface area contributed by atoms with E-state index in [2.05, 4.69) is 26.8 Å². The molecule has 0 aromatic carbocycles. The lowest BCUT2D eigenvalue weighted by Crippen LogP contribution is -2.22. The third-order valence-corrected chi connectivity index (χ3v) is 3.43. The summed E-state index contributed by atoms with van der Waals surface area (Å²) < 4.78 is 0. The summed E-state index contributed by atoms with van der Waals surface area (Å²) in [6.45, 7) is 8.76. The minimum atomic E-state index is 0.234. The highest BCUT2D eigenvalue weighted by Gasteiger charge is 2.36. The van der Waals surface area contributed by atoms with Gasteiger partial charge in [0.25, 0.3) is 0 Å². The van der Waals surface area contributed by atoms with Gasteiger partial charge in [-0.1, -0.05) is 32.4 Å². The molecule has 1 nitrogen and oxygen atoms in total. The Morgan fingerprint density at radius 2 is 2.31 bits per heavy atom. The lowest BCUT2D eigenvalue weighted by molar-refractivity contribution is 0.319. The van der Waals surface area contributed by atoms with E-state index < -0.39 is 0 Å². The van der Waals surface area contributed by atoms with Crippen LogP contribution in [0.4, 0.5) is 0 Å². The fourth-order valence-electron chi connectivity index (χ4n) is 2.49. The van der Waals surface area contributed by atoms with Gasteiger partial charge in [-0.3, -0.25) is 0 Å². The van der Waals surface area contributed by atoms with Crippen LogP contribution in [0.15, 0.2) is 23.5 Å². The van der Waals surface area contributed by atoms with Crippen molar-refractivity contribution in [2.24, 2.45) is 11.3 Å². The van der Waals surface area contributed by atoms with Gasteiger partial charge in [0.15, 0.2) is 0 Å². The highest BCUT2D eigenvalue weighted by atomic mass is 16.2. The summed E-state index contributed by atoms with van der Waals surface area (Å²) in [5.74, 6) is 0.493. The minimum absolute atomic E-state index is 0.234. The van der Waals surface area contributed by atoms with Gasteiger partial charge in [-0.25, -0.2) is 0 Å². The number of rotatable bonds is 2. The van der Waals surface area contributed by atoms with Gasteiger partial charge in [-0.05, 0) is 36.7 Å². The third-order valence-electron chi connectivity index (χ3n) is 3.43. The summed E-state index contributed by atoms with van der Waals surface area (Å²) in [5.41, 5.74) is 2.86. The lowest BCUT2D eigenvalue weighted by Gasteiger charge is -2.31. The molecule has 0 bridgehead atoms. The number of aliphatic hydroxyl groups is 1. The maximum Gasteiger partial charge on any atom is 0.0784 e. The molecule has 0 aromatic heterocycles. The van der Waals surface area contributed by atoms with Gasteiger partial charge in [0.1, 0.15) is 0 Å². The Kier molecular flexibility index (Phi) is 2.84. The van der Waals surface area contributed by atoms with Crippen LogP contribution < -0.4 is 0 Å². The second-order valence-electron chi connectivity index (χ2n) is 4.47. The minimum Gasteiger partial charge on any atom is -0.516 e. The molecule has 0 saturated heterocycles. The van der Waals surface area contributed by atoms with Crippen LogP contribution in [0.3, 0.4) is 0 Å². The molecule has 0 aromatic rings. The summed E-state index contributed by atoms with van der Waals surface area (Å²) >= 11 is 0. The van der Waals surface area contributed by atoms with Gasteiger partial charge in [0.2, 0.25) is 0 Å². The van der Waals surface area contributed by atoms with Crippen LogP contribution >= 0.6 is 0 Å². The zero-order valence-corrected chi connectivity index (χ0v) is 9.09. The Balaban J connectivity index is 2.88. The van der Waals surface area contributed by atoms with Crippen molar-refractivity contribution in [3.8, 4) is 0 Å². The molecule has 74 valence electrons. The normalized spacial score (nSPS) is 27.5. The van der Waals surface area contributed by atoms with Gasteiger partial charge in [-0.2, -0.15) is 0 Å². The summed E-state index contributed by atoms with van der Waals surface area (Å²) in [6.07, 6.45) is 5.80. The molecule has 1 heteroatoms. The average Bonchev–Trinajstić information content (AvgIpc) is 2.39. The quantitative estimate of drug-likeness (QED) is 0.506. The first-order chi connectivity index (χ1) is 6.04. The van der Waals surface area contributed by atoms with Crippen molar-refractivity contribution in [2.45, 2.75) is 40.5 Å². The fourth-order valence-corrected chi connectivity index (χ4v) is 2.49. The van der Waals surface area contributed by atoms with Crippen LogP contribution in [0.5, 0.6) is 0 Å². The van der Waals surface area contributed by atoms with E-state index in [-0.39, 0.29) is 5.41 Å². The third kappa shape index (κ3) is 1.65. The van der Waals surface area contributed by atoms with Crippen molar-refractivity contribution in [2.75, 3.05) is 0 Å².